The molecule has 0 heterocycles. The van der Waals surface area contributed by atoms with Crippen molar-refractivity contribution in [3.8, 4) is 11.8 Å². The van der Waals surface area contributed by atoms with Crippen LogP contribution in [0.25, 0.3) is 0 Å². The van der Waals surface area contributed by atoms with Crippen molar-refractivity contribution >= 4 is 21.7 Å². The SMILES string of the molecule is O=C(C#Cc1ccccc1)C(F)(F)Br. The molecule has 0 saturated heterocycles. The number of rotatable bonds is 1. The lowest BCUT2D eigenvalue weighted by molar-refractivity contribution is -0.125. The first kappa shape index (κ1) is 10.9. The maximum Gasteiger partial charge on any atom is 0.370 e. The molecule has 1 rings (SSSR count). The Kier molecular flexibility index (Phi) is 3.37. The van der Waals surface area contributed by atoms with E-state index < -0.39 is 10.6 Å². The van der Waals surface area contributed by atoms with Crippen molar-refractivity contribution in [3.05, 3.63) is 35.9 Å². The van der Waals surface area contributed by atoms with Gasteiger partial charge in [-0.05, 0) is 18.1 Å². The number of hydrogen-bond donors (Lipinski definition) is 0. The zero-order chi connectivity index (χ0) is 10.6. The van der Waals surface area contributed by atoms with Crippen molar-refractivity contribution in [3.63, 3.8) is 0 Å². The third kappa shape index (κ3) is 3.27. The van der Waals surface area contributed by atoms with Gasteiger partial charge in [0, 0.05) is 21.5 Å². The van der Waals surface area contributed by atoms with E-state index in [1.54, 1.807) is 30.3 Å². The standard InChI is InChI=1S/C10H5BrF2O/c11-10(12,13)9(14)7-6-8-4-2-1-3-5-8/h1-5H. The highest BCUT2D eigenvalue weighted by Crippen LogP contribution is 2.21. The number of ketones is 1. The monoisotopic (exact) mass is 258 g/mol. The third-order valence-electron chi connectivity index (χ3n) is 1.35. The summed E-state index contributed by atoms with van der Waals surface area (Å²) in [5, 5.41) is 0. The molecular weight excluding hydrogens is 254 g/mol. The van der Waals surface area contributed by atoms with Gasteiger partial charge in [-0.1, -0.05) is 24.1 Å². The molecule has 1 aromatic carbocycles. The van der Waals surface area contributed by atoms with E-state index in [9.17, 15) is 13.6 Å². The van der Waals surface area contributed by atoms with Gasteiger partial charge in [-0.3, -0.25) is 4.79 Å². The molecule has 0 aliphatic heterocycles. The molecule has 0 atom stereocenters. The van der Waals surface area contributed by atoms with Crippen LogP contribution in [0.15, 0.2) is 30.3 Å². The van der Waals surface area contributed by atoms with Crippen LogP contribution in [0.1, 0.15) is 5.56 Å². The van der Waals surface area contributed by atoms with E-state index in [1.807, 2.05) is 21.9 Å². The van der Waals surface area contributed by atoms with Crippen molar-refractivity contribution in [2.75, 3.05) is 0 Å². The van der Waals surface area contributed by atoms with Crippen molar-refractivity contribution < 1.29 is 13.6 Å². The molecular formula is C10H5BrF2O. The number of carbonyl (C=O) groups is 1. The molecule has 0 bridgehead atoms. The smallest absolute Gasteiger partial charge is 0.277 e. The molecule has 14 heavy (non-hydrogen) atoms. The molecule has 0 N–H and O–H groups in total. The summed E-state index contributed by atoms with van der Waals surface area (Å²) in [5.74, 6) is 2.75. The second kappa shape index (κ2) is 4.34. The van der Waals surface area contributed by atoms with Crippen LogP contribution in [0.2, 0.25) is 0 Å². The zero-order valence-corrected chi connectivity index (χ0v) is 8.51. The van der Waals surface area contributed by atoms with Gasteiger partial charge in [-0.2, -0.15) is 8.78 Å². The number of hydrogen-bond acceptors (Lipinski definition) is 1. The molecule has 72 valence electrons. The van der Waals surface area contributed by atoms with E-state index in [0.29, 0.717) is 5.56 Å². The van der Waals surface area contributed by atoms with Crippen LogP contribution in [-0.4, -0.2) is 10.6 Å². The summed E-state index contributed by atoms with van der Waals surface area (Å²) in [6.45, 7) is 0. The molecule has 0 saturated carbocycles. The Hall–Kier alpha value is -1.21. The fourth-order valence-corrected chi connectivity index (χ4v) is 0.820. The van der Waals surface area contributed by atoms with E-state index in [4.69, 9.17) is 0 Å². The maximum atomic E-state index is 12.3. The predicted molar refractivity (Wildman–Crippen MR) is 52.2 cm³/mol. The molecule has 0 amide bonds. The summed E-state index contributed by atoms with van der Waals surface area (Å²) in [6, 6.07) is 8.45. The van der Waals surface area contributed by atoms with E-state index in [1.165, 1.54) is 0 Å². The fraction of sp³-hybridized carbons (Fsp3) is 0.100. The Morgan fingerprint density at radius 1 is 1.29 bits per heavy atom. The number of benzene rings is 1. The Balaban J connectivity index is 2.80. The predicted octanol–water partition coefficient (Wildman–Crippen LogP) is 2.59. The second-order valence-electron chi connectivity index (χ2n) is 2.44. The van der Waals surface area contributed by atoms with Gasteiger partial charge < -0.3 is 0 Å². The lowest BCUT2D eigenvalue weighted by Crippen LogP contribution is -2.18. The molecule has 4 heteroatoms. The van der Waals surface area contributed by atoms with Gasteiger partial charge in [0.25, 0.3) is 5.78 Å². The van der Waals surface area contributed by atoms with E-state index in [2.05, 4.69) is 5.92 Å². The van der Waals surface area contributed by atoms with Crippen LogP contribution in [0.3, 0.4) is 0 Å². The molecule has 0 unspecified atom stereocenters. The molecule has 0 fully saturated rings. The number of halogens is 3. The molecule has 0 aliphatic carbocycles. The van der Waals surface area contributed by atoms with Crippen LogP contribution in [0, 0.1) is 11.8 Å². The minimum Gasteiger partial charge on any atom is -0.277 e. The Bertz CT molecular complexity index is 384. The summed E-state index contributed by atoms with van der Waals surface area (Å²) in [7, 11) is 0. The fourth-order valence-electron chi connectivity index (χ4n) is 0.721. The normalized spacial score (nSPS) is 10.2. The van der Waals surface area contributed by atoms with Crippen LogP contribution in [-0.2, 0) is 4.79 Å². The van der Waals surface area contributed by atoms with Gasteiger partial charge in [0.15, 0.2) is 0 Å². The Labute approximate surface area is 88.3 Å². The van der Waals surface area contributed by atoms with Crippen LogP contribution in [0.4, 0.5) is 8.78 Å². The van der Waals surface area contributed by atoms with E-state index in [-0.39, 0.29) is 0 Å². The molecule has 1 aromatic rings. The summed E-state index contributed by atoms with van der Waals surface area (Å²) in [4.78, 5) is 7.11. The quantitative estimate of drug-likeness (QED) is 0.559. The molecule has 0 aliphatic rings. The van der Waals surface area contributed by atoms with Gasteiger partial charge in [-0.25, -0.2) is 0 Å². The second-order valence-corrected chi connectivity index (χ2v) is 3.44. The first-order valence-corrected chi connectivity index (χ1v) is 4.47. The Morgan fingerprint density at radius 3 is 2.36 bits per heavy atom. The summed E-state index contributed by atoms with van der Waals surface area (Å²) < 4.78 is 24.6. The van der Waals surface area contributed by atoms with Gasteiger partial charge >= 0.3 is 4.83 Å². The summed E-state index contributed by atoms with van der Waals surface area (Å²) in [5.41, 5.74) is 0.526. The molecule has 0 aromatic heterocycles. The van der Waals surface area contributed by atoms with Gasteiger partial charge in [-0.15, -0.1) is 0 Å². The van der Waals surface area contributed by atoms with Crippen molar-refractivity contribution in [2.24, 2.45) is 0 Å². The van der Waals surface area contributed by atoms with Crippen LogP contribution >= 0.6 is 15.9 Å². The molecule has 1 nitrogen and oxygen atoms in total. The highest BCUT2D eigenvalue weighted by atomic mass is 79.9. The number of Topliss-reactive ketones (excluding diaryl/α,β-unsaturated/α-hetero) is 1. The summed E-state index contributed by atoms with van der Waals surface area (Å²) >= 11 is 1.93. The average Bonchev–Trinajstić information content (AvgIpc) is 2.14. The maximum absolute atomic E-state index is 12.3. The molecule has 0 radical (unpaired) electrons. The van der Waals surface area contributed by atoms with Crippen LogP contribution < -0.4 is 0 Å². The topological polar surface area (TPSA) is 17.1 Å². The van der Waals surface area contributed by atoms with Crippen molar-refractivity contribution in [2.45, 2.75) is 4.83 Å². The van der Waals surface area contributed by atoms with E-state index >= 15 is 0 Å². The average molecular weight is 259 g/mol. The minimum atomic E-state index is -3.56. The highest BCUT2D eigenvalue weighted by Gasteiger charge is 2.33. The van der Waals surface area contributed by atoms with Gasteiger partial charge in [0.05, 0.1) is 0 Å². The number of alkyl halides is 3. The van der Waals surface area contributed by atoms with Crippen molar-refractivity contribution in [1.29, 1.82) is 0 Å². The van der Waals surface area contributed by atoms with Crippen molar-refractivity contribution in [1.82, 2.24) is 0 Å². The highest BCUT2D eigenvalue weighted by molar-refractivity contribution is 9.10. The van der Waals surface area contributed by atoms with Gasteiger partial charge in [0.1, 0.15) is 0 Å². The Morgan fingerprint density at radius 2 is 1.86 bits per heavy atom. The third-order valence-corrected chi connectivity index (χ3v) is 1.71. The lowest BCUT2D eigenvalue weighted by atomic mass is 10.2. The lowest BCUT2D eigenvalue weighted by Gasteiger charge is -1.98. The number of carbonyl (C=O) groups excluding carboxylic acids is 1. The summed E-state index contributed by atoms with van der Waals surface area (Å²) in [6.07, 6.45) is 0. The zero-order valence-electron chi connectivity index (χ0n) is 6.93. The minimum absolute atomic E-state index is 0.526. The van der Waals surface area contributed by atoms with E-state index in [0.717, 1.165) is 0 Å². The largest absolute Gasteiger partial charge is 0.370 e. The van der Waals surface area contributed by atoms with Crippen LogP contribution in [0.5, 0.6) is 0 Å². The van der Waals surface area contributed by atoms with Gasteiger partial charge in [0.2, 0.25) is 0 Å². The first-order valence-electron chi connectivity index (χ1n) is 3.68. The molecule has 0 spiro atoms. The first-order chi connectivity index (χ1) is 6.50.